The second-order valence-electron chi connectivity index (χ2n) is 6.96. The summed E-state index contributed by atoms with van der Waals surface area (Å²) in [6.07, 6.45) is -4.39. The van der Waals surface area contributed by atoms with Crippen LogP contribution in [0.15, 0.2) is 27.7 Å². The lowest BCUT2D eigenvalue weighted by Crippen LogP contribution is -2.38. The normalized spacial score (nSPS) is 12.9. The number of ether oxygens (including phenoxy) is 1. The molecule has 168 valence electrons. The van der Waals surface area contributed by atoms with Gasteiger partial charge in [-0.25, -0.2) is 0 Å². The Morgan fingerprint density at radius 2 is 1.93 bits per heavy atom. The highest BCUT2D eigenvalue weighted by Gasteiger charge is 2.28. The van der Waals surface area contributed by atoms with Crippen molar-refractivity contribution in [1.29, 1.82) is 0 Å². The van der Waals surface area contributed by atoms with E-state index in [0.717, 1.165) is 22.6 Å². The maximum atomic E-state index is 12.5. The molecule has 1 aromatic heterocycles. The Labute approximate surface area is 191 Å². The lowest BCUT2D eigenvalue weighted by atomic mass is 10.00. The highest BCUT2D eigenvalue weighted by Crippen LogP contribution is 2.24. The number of rotatable bonds is 7. The fourth-order valence-electron chi connectivity index (χ4n) is 3.05. The predicted molar refractivity (Wildman–Crippen MR) is 121 cm³/mol. The Morgan fingerprint density at radius 3 is 2.50 bits per heavy atom. The molecule has 10 heteroatoms. The summed E-state index contributed by atoms with van der Waals surface area (Å²) in [4.78, 5) is 4.17. The lowest BCUT2D eigenvalue weighted by molar-refractivity contribution is -0.153. The van der Waals surface area contributed by atoms with Crippen LogP contribution in [0.2, 0.25) is 0 Å². The van der Waals surface area contributed by atoms with E-state index < -0.39 is 12.8 Å². The van der Waals surface area contributed by atoms with Gasteiger partial charge in [0.25, 0.3) is 0 Å². The molecular weight excluding hydrogens is 512 g/mol. The first kappa shape index (κ1) is 26.1. The van der Waals surface area contributed by atoms with Crippen molar-refractivity contribution in [3.63, 3.8) is 0 Å². The minimum atomic E-state index is -4.39. The molecule has 0 fully saturated rings. The van der Waals surface area contributed by atoms with Gasteiger partial charge in [0.1, 0.15) is 11.5 Å². The number of benzene rings is 1. The largest absolute Gasteiger partial charge is 0.484 e. The molecule has 2 N–H and O–H groups in total. The van der Waals surface area contributed by atoms with E-state index in [9.17, 15) is 13.2 Å². The van der Waals surface area contributed by atoms with Gasteiger partial charge in [0, 0.05) is 37.2 Å². The Balaban J connectivity index is 0.00000450. The summed E-state index contributed by atoms with van der Waals surface area (Å²) < 4.78 is 47.7. The highest BCUT2D eigenvalue weighted by molar-refractivity contribution is 14.0. The number of nitrogens with zero attached hydrogens (tertiary/aromatic N) is 2. The molecule has 1 unspecified atom stereocenters. The van der Waals surface area contributed by atoms with Crippen molar-refractivity contribution in [3.05, 3.63) is 46.3 Å². The molecule has 30 heavy (non-hydrogen) atoms. The SMILES string of the molecule is CN=C(NCc1ccc(C)cc1OCC(F)(F)F)NCC(C)c1c(C)noc1C.I. The van der Waals surface area contributed by atoms with Crippen LogP contribution in [-0.2, 0) is 6.54 Å². The second-order valence-corrected chi connectivity index (χ2v) is 6.96. The maximum Gasteiger partial charge on any atom is 0.422 e. The number of guanidine groups is 1. The molecule has 1 atom stereocenters. The molecule has 0 spiro atoms. The first-order valence-corrected chi connectivity index (χ1v) is 9.27. The van der Waals surface area contributed by atoms with Crippen LogP contribution < -0.4 is 15.4 Å². The summed E-state index contributed by atoms with van der Waals surface area (Å²) in [6, 6.07) is 5.17. The fraction of sp³-hybridized carbons (Fsp3) is 0.500. The molecule has 0 amide bonds. The second kappa shape index (κ2) is 11.4. The fourth-order valence-corrected chi connectivity index (χ4v) is 3.05. The number of hydrogen-bond acceptors (Lipinski definition) is 4. The average molecular weight is 540 g/mol. The van der Waals surface area contributed by atoms with E-state index in [1.165, 1.54) is 0 Å². The lowest BCUT2D eigenvalue weighted by Gasteiger charge is -2.18. The van der Waals surface area contributed by atoms with E-state index in [2.05, 4.69) is 27.7 Å². The molecule has 0 radical (unpaired) electrons. The zero-order valence-electron chi connectivity index (χ0n) is 17.7. The van der Waals surface area contributed by atoms with Crippen molar-refractivity contribution in [2.75, 3.05) is 20.2 Å². The minimum Gasteiger partial charge on any atom is -0.484 e. The number of aryl methyl sites for hydroxylation is 3. The number of alkyl halides is 3. The van der Waals surface area contributed by atoms with Crippen molar-refractivity contribution >= 4 is 29.9 Å². The minimum absolute atomic E-state index is 0. The van der Waals surface area contributed by atoms with Crippen molar-refractivity contribution in [3.8, 4) is 5.75 Å². The number of nitrogens with one attached hydrogen (secondary N) is 2. The highest BCUT2D eigenvalue weighted by atomic mass is 127. The van der Waals surface area contributed by atoms with Gasteiger partial charge in [0.2, 0.25) is 0 Å². The Morgan fingerprint density at radius 1 is 1.23 bits per heavy atom. The van der Waals surface area contributed by atoms with E-state index in [1.807, 2.05) is 19.9 Å². The Kier molecular flexibility index (Phi) is 9.92. The summed E-state index contributed by atoms with van der Waals surface area (Å²) in [7, 11) is 1.63. The summed E-state index contributed by atoms with van der Waals surface area (Å²) in [5.74, 6) is 1.66. The van der Waals surface area contributed by atoms with E-state index in [4.69, 9.17) is 9.26 Å². The molecule has 1 heterocycles. The van der Waals surface area contributed by atoms with Crippen LogP contribution in [0.1, 0.15) is 41.0 Å². The molecule has 0 bridgehead atoms. The standard InChI is InChI=1S/C20H27F3N4O2.HI/c1-12-6-7-16(17(8-12)28-11-20(21,22)23)10-26-19(24-5)25-9-13(2)18-14(3)27-29-15(18)4;/h6-8,13H,9-11H2,1-5H3,(H2,24,25,26);1H. The van der Waals surface area contributed by atoms with Crippen LogP contribution in [0.4, 0.5) is 13.2 Å². The Bertz CT molecular complexity index is 834. The summed E-state index contributed by atoms with van der Waals surface area (Å²) in [5.41, 5.74) is 3.34. The topological polar surface area (TPSA) is 71.7 Å². The molecule has 0 aliphatic rings. The third-order valence-electron chi connectivity index (χ3n) is 4.44. The smallest absolute Gasteiger partial charge is 0.422 e. The predicted octanol–water partition coefficient (Wildman–Crippen LogP) is 4.63. The van der Waals surface area contributed by atoms with Crippen LogP contribution in [0.3, 0.4) is 0 Å². The van der Waals surface area contributed by atoms with Gasteiger partial charge >= 0.3 is 6.18 Å². The number of aromatic nitrogens is 1. The van der Waals surface area contributed by atoms with Gasteiger partial charge in [-0.15, -0.1) is 24.0 Å². The summed E-state index contributed by atoms with van der Waals surface area (Å²) in [6.45, 7) is 7.16. The van der Waals surface area contributed by atoms with Crippen molar-refractivity contribution < 1.29 is 22.4 Å². The van der Waals surface area contributed by atoms with Crippen molar-refractivity contribution in [2.24, 2.45) is 4.99 Å². The number of aliphatic imine (C=N–C) groups is 1. The quantitative estimate of drug-likeness (QED) is 0.305. The van der Waals surface area contributed by atoms with Gasteiger partial charge in [0.05, 0.1) is 5.69 Å². The third-order valence-corrected chi connectivity index (χ3v) is 4.44. The average Bonchev–Trinajstić information content (AvgIpc) is 2.99. The molecule has 2 aromatic rings. The first-order chi connectivity index (χ1) is 13.6. The zero-order chi connectivity index (χ0) is 21.6. The van der Waals surface area contributed by atoms with E-state index in [-0.39, 0.29) is 42.2 Å². The summed E-state index contributed by atoms with van der Waals surface area (Å²) >= 11 is 0. The number of halogens is 4. The molecule has 2 rings (SSSR count). The van der Waals surface area contributed by atoms with Crippen molar-refractivity contribution in [2.45, 2.75) is 46.3 Å². The molecular formula is C20H28F3IN4O2. The van der Waals surface area contributed by atoms with Crippen LogP contribution in [-0.4, -0.2) is 37.5 Å². The molecule has 0 aliphatic heterocycles. The Hall–Kier alpha value is -1.98. The molecule has 0 saturated heterocycles. The van der Waals surface area contributed by atoms with E-state index >= 15 is 0 Å². The maximum absolute atomic E-state index is 12.5. The molecule has 0 saturated carbocycles. The van der Waals surface area contributed by atoms with Gasteiger partial charge in [-0.3, -0.25) is 4.99 Å². The van der Waals surface area contributed by atoms with Crippen LogP contribution in [0.25, 0.3) is 0 Å². The van der Waals surface area contributed by atoms with E-state index in [0.29, 0.717) is 18.1 Å². The van der Waals surface area contributed by atoms with Crippen LogP contribution in [0.5, 0.6) is 5.75 Å². The molecule has 1 aromatic carbocycles. The number of hydrogen-bond donors (Lipinski definition) is 2. The van der Waals surface area contributed by atoms with Gasteiger partial charge < -0.3 is 19.9 Å². The monoisotopic (exact) mass is 540 g/mol. The summed E-state index contributed by atoms with van der Waals surface area (Å²) in [5, 5.41) is 10.3. The zero-order valence-corrected chi connectivity index (χ0v) is 20.0. The van der Waals surface area contributed by atoms with Gasteiger partial charge in [-0.2, -0.15) is 13.2 Å². The van der Waals surface area contributed by atoms with Crippen molar-refractivity contribution in [1.82, 2.24) is 15.8 Å². The van der Waals surface area contributed by atoms with Gasteiger partial charge in [0.15, 0.2) is 12.6 Å². The molecule has 6 nitrogen and oxygen atoms in total. The van der Waals surface area contributed by atoms with Gasteiger partial charge in [-0.1, -0.05) is 24.2 Å². The third kappa shape index (κ3) is 7.69. The van der Waals surface area contributed by atoms with E-state index in [1.54, 1.807) is 26.1 Å². The van der Waals surface area contributed by atoms with Crippen LogP contribution in [0, 0.1) is 20.8 Å². The first-order valence-electron chi connectivity index (χ1n) is 9.27. The van der Waals surface area contributed by atoms with Crippen LogP contribution >= 0.6 is 24.0 Å². The van der Waals surface area contributed by atoms with Gasteiger partial charge in [-0.05, 0) is 32.4 Å². The molecule has 0 aliphatic carbocycles.